The van der Waals surface area contributed by atoms with Crippen LogP contribution in [0.3, 0.4) is 0 Å². The monoisotopic (exact) mass is 359 g/mol. The summed E-state index contributed by atoms with van der Waals surface area (Å²) in [5.41, 5.74) is 1.48. The topological polar surface area (TPSA) is 62.3 Å². The number of likely N-dealkylation sites (N-methyl/N-ethyl adjacent to an activating group) is 1. The molecule has 25 heavy (non-hydrogen) atoms. The molecule has 132 valence electrons. The quantitative estimate of drug-likeness (QED) is 0.735. The smallest absolute Gasteiger partial charge is 0.220 e. The van der Waals surface area contributed by atoms with Gasteiger partial charge in [0.05, 0.1) is 6.04 Å². The Morgan fingerprint density at radius 1 is 1.16 bits per heavy atom. The zero-order valence-corrected chi connectivity index (χ0v) is 15.2. The number of halogens is 1. The molecular formula is C19H22ClN3O2. The van der Waals surface area contributed by atoms with E-state index in [1.165, 1.54) is 6.20 Å². The molecule has 0 radical (unpaired) electrons. The molecule has 1 atom stereocenters. The average Bonchev–Trinajstić information content (AvgIpc) is 2.61. The van der Waals surface area contributed by atoms with E-state index in [4.69, 9.17) is 11.6 Å². The summed E-state index contributed by atoms with van der Waals surface area (Å²) >= 11 is 6.26. The number of aromatic nitrogens is 1. The molecule has 1 N–H and O–H groups in total. The Morgan fingerprint density at radius 3 is 2.56 bits per heavy atom. The van der Waals surface area contributed by atoms with Crippen LogP contribution < -0.4 is 5.32 Å². The van der Waals surface area contributed by atoms with Crippen molar-refractivity contribution in [3.8, 4) is 0 Å². The van der Waals surface area contributed by atoms with Crippen LogP contribution in [0.4, 0.5) is 0 Å². The number of rotatable bonds is 8. The van der Waals surface area contributed by atoms with Crippen molar-refractivity contribution in [2.24, 2.45) is 0 Å². The van der Waals surface area contributed by atoms with Crippen molar-refractivity contribution in [2.75, 3.05) is 20.6 Å². The number of benzene rings is 1. The molecule has 1 heterocycles. The fourth-order valence-corrected chi connectivity index (χ4v) is 2.78. The van der Waals surface area contributed by atoms with Gasteiger partial charge in [-0.3, -0.25) is 14.6 Å². The minimum Gasteiger partial charge on any atom is -0.354 e. The number of amides is 1. The Morgan fingerprint density at radius 2 is 1.92 bits per heavy atom. The van der Waals surface area contributed by atoms with Crippen molar-refractivity contribution in [2.45, 2.75) is 18.9 Å². The van der Waals surface area contributed by atoms with E-state index in [2.05, 4.69) is 10.3 Å². The van der Waals surface area contributed by atoms with Crippen LogP contribution in [0.1, 0.15) is 34.8 Å². The SMILES string of the molecule is CN(C)C(CNC(=O)CCC(=O)c1cccnc1)c1ccccc1Cl. The molecule has 0 bridgehead atoms. The van der Waals surface area contributed by atoms with Crippen molar-refractivity contribution in [3.63, 3.8) is 0 Å². The molecule has 5 nitrogen and oxygen atoms in total. The van der Waals surface area contributed by atoms with Crippen LogP contribution in [-0.2, 0) is 4.79 Å². The Kier molecular flexibility index (Phi) is 7.10. The summed E-state index contributed by atoms with van der Waals surface area (Å²) in [7, 11) is 3.87. The molecule has 1 unspecified atom stereocenters. The van der Waals surface area contributed by atoms with Crippen LogP contribution >= 0.6 is 11.6 Å². The van der Waals surface area contributed by atoms with Crippen LogP contribution in [-0.4, -0.2) is 42.2 Å². The summed E-state index contributed by atoms with van der Waals surface area (Å²) in [5.74, 6) is -0.241. The first-order valence-corrected chi connectivity index (χ1v) is 8.47. The molecule has 0 saturated carbocycles. The summed E-state index contributed by atoms with van der Waals surface area (Å²) in [6, 6.07) is 11.0. The van der Waals surface area contributed by atoms with Gasteiger partial charge in [0.2, 0.25) is 5.91 Å². The van der Waals surface area contributed by atoms with Gasteiger partial charge in [-0.05, 0) is 37.9 Å². The third kappa shape index (κ3) is 5.66. The number of carbonyl (C=O) groups is 2. The molecule has 6 heteroatoms. The van der Waals surface area contributed by atoms with Crippen molar-refractivity contribution in [3.05, 3.63) is 64.9 Å². The third-order valence-corrected chi connectivity index (χ3v) is 4.29. The van der Waals surface area contributed by atoms with E-state index in [0.29, 0.717) is 17.1 Å². The average molecular weight is 360 g/mol. The van der Waals surface area contributed by atoms with Gasteiger partial charge in [-0.2, -0.15) is 0 Å². The lowest BCUT2D eigenvalue weighted by Crippen LogP contribution is -2.34. The normalized spacial score (nSPS) is 12.0. The predicted molar refractivity (Wildman–Crippen MR) is 98.7 cm³/mol. The lowest BCUT2D eigenvalue weighted by Gasteiger charge is -2.26. The molecular weight excluding hydrogens is 338 g/mol. The molecule has 0 aliphatic carbocycles. The Bertz CT molecular complexity index is 720. The summed E-state index contributed by atoms with van der Waals surface area (Å²) in [6.07, 6.45) is 3.44. The molecule has 1 aromatic carbocycles. The maximum atomic E-state index is 12.1. The van der Waals surface area contributed by atoms with Gasteiger partial charge in [0, 0.05) is 42.4 Å². The zero-order chi connectivity index (χ0) is 18.2. The highest BCUT2D eigenvalue weighted by Crippen LogP contribution is 2.25. The first-order valence-electron chi connectivity index (χ1n) is 8.10. The van der Waals surface area contributed by atoms with Gasteiger partial charge >= 0.3 is 0 Å². The molecule has 0 fully saturated rings. The highest BCUT2D eigenvalue weighted by molar-refractivity contribution is 6.31. The molecule has 1 aromatic heterocycles. The number of Topliss-reactive ketones (excluding diaryl/α,β-unsaturated/α-hetero) is 1. The zero-order valence-electron chi connectivity index (χ0n) is 14.4. The number of hydrogen-bond acceptors (Lipinski definition) is 4. The fraction of sp³-hybridized carbons (Fsp3) is 0.316. The fourth-order valence-electron chi connectivity index (χ4n) is 2.51. The van der Waals surface area contributed by atoms with Crippen molar-refractivity contribution >= 4 is 23.3 Å². The number of nitrogens with one attached hydrogen (secondary N) is 1. The lowest BCUT2D eigenvalue weighted by atomic mass is 10.1. The number of nitrogens with zero attached hydrogens (tertiary/aromatic N) is 2. The van der Waals surface area contributed by atoms with Crippen LogP contribution in [0.5, 0.6) is 0 Å². The largest absolute Gasteiger partial charge is 0.354 e. The van der Waals surface area contributed by atoms with Crippen molar-refractivity contribution in [1.82, 2.24) is 15.2 Å². The highest BCUT2D eigenvalue weighted by atomic mass is 35.5. The minimum absolute atomic E-state index is 0.0355. The molecule has 1 amide bonds. The third-order valence-electron chi connectivity index (χ3n) is 3.94. The number of hydrogen-bond donors (Lipinski definition) is 1. The predicted octanol–water partition coefficient (Wildman–Crippen LogP) is 3.12. The molecule has 0 spiro atoms. The molecule has 0 saturated heterocycles. The standard InChI is InChI=1S/C19H22ClN3O2/c1-23(2)17(15-7-3-4-8-16(15)20)13-22-19(25)10-9-18(24)14-6-5-11-21-12-14/h3-8,11-12,17H,9-10,13H2,1-2H3,(H,22,25). The number of pyridine rings is 1. The van der Waals surface area contributed by atoms with E-state index in [1.807, 2.05) is 43.3 Å². The van der Waals surface area contributed by atoms with Gasteiger partial charge in [0.15, 0.2) is 5.78 Å². The second-order valence-electron chi connectivity index (χ2n) is 5.97. The van der Waals surface area contributed by atoms with E-state index >= 15 is 0 Å². The van der Waals surface area contributed by atoms with E-state index in [0.717, 1.165) is 5.56 Å². The number of carbonyl (C=O) groups excluding carboxylic acids is 2. The Balaban J connectivity index is 1.87. The van der Waals surface area contributed by atoms with Crippen LogP contribution in [0.15, 0.2) is 48.8 Å². The van der Waals surface area contributed by atoms with Crippen molar-refractivity contribution < 1.29 is 9.59 Å². The summed E-state index contributed by atoms with van der Waals surface area (Å²) in [5, 5.41) is 3.56. The van der Waals surface area contributed by atoms with Crippen molar-refractivity contribution in [1.29, 1.82) is 0 Å². The maximum Gasteiger partial charge on any atom is 0.220 e. The molecule has 2 aromatic rings. The lowest BCUT2D eigenvalue weighted by molar-refractivity contribution is -0.121. The second kappa shape index (κ2) is 9.30. The van der Waals surface area contributed by atoms with E-state index < -0.39 is 0 Å². The Hall–Kier alpha value is -2.24. The first kappa shape index (κ1) is 19.1. The summed E-state index contributed by atoms with van der Waals surface area (Å²) in [4.78, 5) is 30.0. The van der Waals surface area contributed by atoms with Crippen LogP contribution in [0.25, 0.3) is 0 Å². The first-order chi connectivity index (χ1) is 12.0. The van der Waals surface area contributed by atoms with Gasteiger partial charge in [-0.15, -0.1) is 0 Å². The highest BCUT2D eigenvalue weighted by Gasteiger charge is 2.18. The maximum absolute atomic E-state index is 12.1. The van der Waals surface area contributed by atoms with Gasteiger partial charge < -0.3 is 10.2 Å². The summed E-state index contributed by atoms with van der Waals surface area (Å²) < 4.78 is 0. The summed E-state index contributed by atoms with van der Waals surface area (Å²) in [6.45, 7) is 0.427. The van der Waals surface area contributed by atoms with Gasteiger partial charge in [-0.1, -0.05) is 29.8 Å². The van der Waals surface area contributed by atoms with Gasteiger partial charge in [0.1, 0.15) is 0 Å². The van der Waals surface area contributed by atoms with E-state index in [-0.39, 0.29) is 30.6 Å². The van der Waals surface area contributed by atoms with Crippen LogP contribution in [0.2, 0.25) is 5.02 Å². The number of ketones is 1. The molecule has 0 aliphatic rings. The van der Waals surface area contributed by atoms with Gasteiger partial charge in [0.25, 0.3) is 0 Å². The molecule has 2 rings (SSSR count). The van der Waals surface area contributed by atoms with E-state index in [1.54, 1.807) is 18.3 Å². The Labute approximate surface area is 153 Å². The second-order valence-corrected chi connectivity index (χ2v) is 6.38. The van der Waals surface area contributed by atoms with E-state index in [9.17, 15) is 9.59 Å². The molecule has 0 aliphatic heterocycles. The van der Waals surface area contributed by atoms with Gasteiger partial charge in [-0.25, -0.2) is 0 Å². The van der Waals surface area contributed by atoms with Crippen LogP contribution in [0, 0.1) is 0 Å². The minimum atomic E-state index is -0.156.